The summed E-state index contributed by atoms with van der Waals surface area (Å²) in [7, 11) is 0. The van der Waals surface area contributed by atoms with Crippen LogP contribution in [0.2, 0.25) is 10.0 Å². The zero-order valence-electron chi connectivity index (χ0n) is 15.5. The molecule has 2 fully saturated rings. The number of rotatable bonds is 3. The molecule has 3 heterocycles. The molecule has 0 aliphatic carbocycles. The summed E-state index contributed by atoms with van der Waals surface area (Å²) in [6.07, 6.45) is 2.31. The number of carbonyl (C=O) groups is 2. The van der Waals surface area contributed by atoms with E-state index in [9.17, 15) is 9.59 Å². The van der Waals surface area contributed by atoms with Gasteiger partial charge < -0.3 is 0 Å². The van der Waals surface area contributed by atoms with Crippen LogP contribution in [0.4, 0.5) is 11.4 Å². The highest BCUT2D eigenvalue weighted by Gasteiger charge is 2.60. The lowest BCUT2D eigenvalue weighted by molar-refractivity contribution is -0.126. The minimum absolute atomic E-state index is 0.188. The summed E-state index contributed by atoms with van der Waals surface area (Å²) in [5.41, 5.74) is 1.75. The molecule has 2 amide bonds. The number of pyridine rings is 1. The highest BCUT2D eigenvalue weighted by atomic mass is 35.5. The van der Waals surface area contributed by atoms with Gasteiger partial charge >= 0.3 is 0 Å². The first kappa shape index (κ1) is 19.1. The van der Waals surface area contributed by atoms with Gasteiger partial charge in [-0.3, -0.25) is 19.4 Å². The molecular formula is C22H15Cl2N3O3. The highest BCUT2D eigenvalue weighted by molar-refractivity contribution is 6.42. The predicted molar refractivity (Wildman–Crippen MR) is 113 cm³/mol. The maximum atomic E-state index is 13.5. The fraction of sp³-hybridized carbons (Fsp3) is 0.136. The van der Waals surface area contributed by atoms with Crippen molar-refractivity contribution in [2.75, 3.05) is 9.96 Å². The summed E-state index contributed by atoms with van der Waals surface area (Å²) < 4.78 is 0. The summed E-state index contributed by atoms with van der Waals surface area (Å²) in [6.45, 7) is 0. The van der Waals surface area contributed by atoms with Crippen LogP contribution in [0.15, 0.2) is 73.1 Å². The normalized spacial score (nSPS) is 23.2. The molecule has 3 atom stereocenters. The van der Waals surface area contributed by atoms with E-state index in [2.05, 4.69) is 4.98 Å². The molecule has 2 saturated heterocycles. The van der Waals surface area contributed by atoms with Gasteiger partial charge in [-0.2, -0.15) is 0 Å². The average molecular weight is 440 g/mol. The molecular weight excluding hydrogens is 425 g/mol. The Bertz CT molecular complexity index is 1110. The monoisotopic (exact) mass is 439 g/mol. The van der Waals surface area contributed by atoms with Gasteiger partial charge in [-0.25, -0.2) is 9.96 Å². The van der Waals surface area contributed by atoms with Crippen LogP contribution in [-0.4, -0.2) is 22.9 Å². The first-order chi connectivity index (χ1) is 14.6. The summed E-state index contributed by atoms with van der Waals surface area (Å²) in [5.74, 6) is -1.65. The van der Waals surface area contributed by atoms with E-state index in [-0.39, 0.29) is 15.7 Å². The van der Waals surface area contributed by atoms with Gasteiger partial charge in [-0.1, -0.05) is 47.5 Å². The number of para-hydroxylation sites is 2. The lowest BCUT2D eigenvalue weighted by Gasteiger charge is -2.29. The molecule has 150 valence electrons. The Morgan fingerprint density at radius 3 is 2.17 bits per heavy atom. The van der Waals surface area contributed by atoms with Gasteiger partial charge in [0.25, 0.3) is 5.91 Å². The maximum Gasteiger partial charge on any atom is 0.266 e. The van der Waals surface area contributed by atoms with Crippen LogP contribution in [0.1, 0.15) is 11.6 Å². The Morgan fingerprint density at radius 1 is 0.833 bits per heavy atom. The second kappa shape index (κ2) is 7.40. The fourth-order valence-corrected chi connectivity index (χ4v) is 4.60. The number of amides is 2. The zero-order chi connectivity index (χ0) is 20.8. The van der Waals surface area contributed by atoms with Crippen LogP contribution in [0.3, 0.4) is 0 Å². The highest BCUT2D eigenvalue weighted by Crippen LogP contribution is 2.49. The van der Waals surface area contributed by atoms with E-state index >= 15 is 0 Å². The smallest absolute Gasteiger partial charge is 0.266 e. The molecule has 0 bridgehead atoms. The number of anilines is 2. The van der Waals surface area contributed by atoms with Crippen molar-refractivity contribution in [1.29, 1.82) is 0 Å². The lowest BCUT2D eigenvalue weighted by Crippen LogP contribution is -2.37. The Kier molecular flexibility index (Phi) is 4.70. The van der Waals surface area contributed by atoms with Crippen LogP contribution < -0.4 is 9.96 Å². The Balaban J connectivity index is 1.61. The van der Waals surface area contributed by atoms with E-state index in [0.717, 1.165) is 16.2 Å². The third-order valence-electron chi connectivity index (χ3n) is 5.33. The van der Waals surface area contributed by atoms with Crippen molar-refractivity contribution >= 4 is 46.4 Å². The third-order valence-corrected chi connectivity index (χ3v) is 5.94. The maximum absolute atomic E-state index is 13.5. The number of carbonyl (C=O) groups excluding carboxylic acids is 2. The second-order valence-corrected chi connectivity index (χ2v) is 7.84. The molecule has 2 aliphatic heterocycles. The second-order valence-electron chi connectivity index (χ2n) is 7.02. The molecule has 2 aromatic carbocycles. The first-order valence-electron chi connectivity index (χ1n) is 9.30. The zero-order valence-corrected chi connectivity index (χ0v) is 17.0. The van der Waals surface area contributed by atoms with Crippen LogP contribution in [0, 0.1) is 5.92 Å². The van der Waals surface area contributed by atoms with Gasteiger partial charge in [-0.05, 0) is 42.0 Å². The van der Waals surface area contributed by atoms with Gasteiger partial charge in [-0.15, -0.1) is 0 Å². The molecule has 2 aliphatic rings. The average Bonchev–Trinajstić information content (AvgIpc) is 3.27. The molecule has 5 rings (SSSR count). The molecule has 8 heteroatoms. The topological polar surface area (TPSA) is 62.7 Å². The van der Waals surface area contributed by atoms with Gasteiger partial charge in [0, 0.05) is 12.4 Å². The molecule has 3 aromatic rings. The standard InChI is InChI=1S/C22H15Cl2N3O3/c23-15-7-4-8-16(24)19(15)26-21(28)17-18(13-9-11-25-12-10-13)27(30-20(17)22(26)29)14-5-2-1-3-6-14/h1-12,17-18,20H/t17-,18+,20-/m1/s1. The van der Waals surface area contributed by atoms with E-state index in [1.807, 2.05) is 42.5 Å². The molecule has 0 saturated carbocycles. The van der Waals surface area contributed by atoms with E-state index in [0.29, 0.717) is 0 Å². The molecule has 30 heavy (non-hydrogen) atoms. The number of nitrogens with zero attached hydrogens (tertiary/aromatic N) is 3. The van der Waals surface area contributed by atoms with Crippen molar-refractivity contribution < 1.29 is 14.4 Å². The van der Waals surface area contributed by atoms with Crippen LogP contribution in [0.5, 0.6) is 0 Å². The number of hydrogen-bond acceptors (Lipinski definition) is 5. The first-order valence-corrected chi connectivity index (χ1v) is 10.1. The van der Waals surface area contributed by atoms with Crippen molar-refractivity contribution in [3.63, 3.8) is 0 Å². The minimum atomic E-state index is -0.983. The molecule has 0 N–H and O–H groups in total. The summed E-state index contributed by atoms with van der Waals surface area (Å²) in [5, 5.41) is 2.08. The van der Waals surface area contributed by atoms with Crippen molar-refractivity contribution in [2.24, 2.45) is 5.92 Å². The minimum Gasteiger partial charge on any atom is -0.273 e. The van der Waals surface area contributed by atoms with Crippen LogP contribution >= 0.6 is 23.2 Å². The van der Waals surface area contributed by atoms with Gasteiger partial charge in [0.2, 0.25) is 5.91 Å². The molecule has 1 aromatic heterocycles. The van der Waals surface area contributed by atoms with Crippen molar-refractivity contribution in [1.82, 2.24) is 4.98 Å². The van der Waals surface area contributed by atoms with E-state index in [4.69, 9.17) is 28.0 Å². The van der Waals surface area contributed by atoms with Crippen molar-refractivity contribution in [3.8, 4) is 0 Å². The lowest BCUT2D eigenvalue weighted by atomic mass is 9.91. The largest absolute Gasteiger partial charge is 0.273 e. The number of benzene rings is 2. The summed E-state index contributed by atoms with van der Waals surface area (Å²) >= 11 is 12.6. The Hall–Kier alpha value is -2.93. The number of hydrogen-bond donors (Lipinski definition) is 0. The molecule has 0 radical (unpaired) electrons. The van der Waals surface area contributed by atoms with Crippen molar-refractivity contribution in [3.05, 3.63) is 88.7 Å². The predicted octanol–water partition coefficient (Wildman–Crippen LogP) is 4.44. The van der Waals surface area contributed by atoms with E-state index < -0.39 is 29.9 Å². The Labute approximate surface area is 182 Å². The van der Waals surface area contributed by atoms with E-state index in [1.165, 1.54) is 0 Å². The Morgan fingerprint density at radius 2 is 1.50 bits per heavy atom. The SMILES string of the molecule is O=C1[C@H]2[C@@H](ON(c3ccccc3)[C@H]2c2ccncc2)C(=O)N1c1c(Cl)cccc1Cl. The fourth-order valence-electron chi connectivity index (χ4n) is 4.04. The molecule has 0 spiro atoms. The number of imide groups is 1. The van der Waals surface area contributed by atoms with Crippen molar-refractivity contribution in [2.45, 2.75) is 12.1 Å². The number of fused-ring (bicyclic) bond motifs is 1. The summed E-state index contributed by atoms with van der Waals surface area (Å²) in [4.78, 5) is 38.0. The molecule has 6 nitrogen and oxygen atoms in total. The number of aromatic nitrogens is 1. The quantitative estimate of drug-likeness (QED) is 0.564. The van der Waals surface area contributed by atoms with Gasteiger partial charge in [0.05, 0.1) is 27.5 Å². The van der Waals surface area contributed by atoms with Crippen LogP contribution in [0.25, 0.3) is 0 Å². The summed E-state index contributed by atoms with van der Waals surface area (Å²) in [6, 6.07) is 17.3. The van der Waals surface area contributed by atoms with E-state index in [1.54, 1.807) is 35.7 Å². The van der Waals surface area contributed by atoms with Gasteiger partial charge in [0.15, 0.2) is 6.10 Å². The number of hydroxylamine groups is 1. The molecule has 0 unspecified atom stereocenters. The third kappa shape index (κ3) is 2.88. The van der Waals surface area contributed by atoms with Gasteiger partial charge in [0.1, 0.15) is 5.92 Å². The van der Waals surface area contributed by atoms with Crippen LogP contribution in [-0.2, 0) is 14.4 Å². The number of halogens is 2.